The topological polar surface area (TPSA) is 70.1 Å². The van der Waals surface area contributed by atoms with Crippen LogP contribution in [0.25, 0.3) is 0 Å². The fourth-order valence-electron chi connectivity index (χ4n) is 2.23. The summed E-state index contributed by atoms with van der Waals surface area (Å²) in [5.41, 5.74) is 0.249. The molecule has 6 heteroatoms. The van der Waals surface area contributed by atoms with Gasteiger partial charge in [-0.25, -0.2) is 9.59 Å². The number of hydrogen-bond donors (Lipinski definition) is 1. The number of likely N-dealkylation sites (N-methyl/N-ethyl adjacent to an activating group) is 1. The Hall–Kier alpha value is -1.66. The number of esters is 1. The van der Waals surface area contributed by atoms with Gasteiger partial charge in [0.2, 0.25) is 0 Å². The minimum atomic E-state index is -1.03. The molecule has 0 aromatic rings. The standard InChI is InChI=1S/C18H32N2O4/c1-6-19(7-2)11-10-16(17(21)22)14-15(5)18(23)24-13-12-20(8-3)9-4/h14H,5-13H2,1-4H3,(H,21,22). The van der Waals surface area contributed by atoms with Crippen molar-refractivity contribution < 1.29 is 19.4 Å². The average Bonchev–Trinajstić information content (AvgIpc) is 2.57. The molecule has 0 aliphatic heterocycles. The molecule has 6 nitrogen and oxygen atoms in total. The Morgan fingerprint density at radius 2 is 1.50 bits per heavy atom. The lowest BCUT2D eigenvalue weighted by Gasteiger charge is -2.18. The Morgan fingerprint density at radius 1 is 1.00 bits per heavy atom. The number of nitrogens with zero attached hydrogens (tertiary/aromatic N) is 2. The van der Waals surface area contributed by atoms with E-state index in [1.807, 2.05) is 27.7 Å². The van der Waals surface area contributed by atoms with Gasteiger partial charge in [-0.2, -0.15) is 0 Å². The Balaban J connectivity index is 4.58. The van der Waals surface area contributed by atoms with Gasteiger partial charge in [0.15, 0.2) is 0 Å². The molecule has 0 aliphatic rings. The highest BCUT2D eigenvalue weighted by Crippen LogP contribution is 2.09. The summed E-state index contributed by atoms with van der Waals surface area (Å²) >= 11 is 0. The molecule has 0 bridgehead atoms. The van der Waals surface area contributed by atoms with Gasteiger partial charge in [0, 0.05) is 18.7 Å². The fraction of sp³-hybridized carbons (Fsp3) is 0.667. The van der Waals surface area contributed by atoms with Crippen molar-refractivity contribution in [3.63, 3.8) is 0 Å². The van der Waals surface area contributed by atoms with Crippen molar-refractivity contribution in [3.8, 4) is 0 Å². The van der Waals surface area contributed by atoms with Crippen LogP contribution in [-0.2, 0) is 14.3 Å². The molecular formula is C18H32N2O4. The van der Waals surface area contributed by atoms with Gasteiger partial charge in [0.1, 0.15) is 6.61 Å². The van der Waals surface area contributed by atoms with Gasteiger partial charge in [-0.1, -0.05) is 34.3 Å². The molecule has 0 atom stereocenters. The van der Waals surface area contributed by atoms with E-state index < -0.39 is 11.9 Å². The van der Waals surface area contributed by atoms with Crippen LogP contribution in [0.4, 0.5) is 0 Å². The largest absolute Gasteiger partial charge is 0.478 e. The minimum Gasteiger partial charge on any atom is -0.478 e. The summed E-state index contributed by atoms with van der Waals surface area (Å²) in [6.45, 7) is 16.8. The Bertz CT molecular complexity index is 438. The van der Waals surface area contributed by atoms with Crippen molar-refractivity contribution in [2.24, 2.45) is 0 Å². The second-order valence-corrected chi connectivity index (χ2v) is 5.44. The highest BCUT2D eigenvalue weighted by molar-refractivity contribution is 5.95. The van der Waals surface area contributed by atoms with E-state index in [0.717, 1.165) is 26.2 Å². The highest BCUT2D eigenvalue weighted by atomic mass is 16.5. The molecule has 0 unspecified atom stereocenters. The van der Waals surface area contributed by atoms with E-state index in [4.69, 9.17) is 4.74 Å². The second kappa shape index (κ2) is 12.7. The van der Waals surface area contributed by atoms with Crippen molar-refractivity contribution in [3.05, 3.63) is 23.8 Å². The van der Waals surface area contributed by atoms with Crippen molar-refractivity contribution in [1.82, 2.24) is 9.80 Å². The van der Waals surface area contributed by atoms with Gasteiger partial charge in [-0.3, -0.25) is 0 Å². The summed E-state index contributed by atoms with van der Waals surface area (Å²) < 4.78 is 5.16. The molecule has 0 aliphatic carbocycles. The Kier molecular flexibility index (Phi) is 11.8. The van der Waals surface area contributed by atoms with Crippen molar-refractivity contribution in [2.75, 3.05) is 45.9 Å². The smallest absolute Gasteiger partial charge is 0.337 e. The summed E-state index contributed by atoms with van der Waals surface area (Å²) in [5, 5.41) is 9.29. The first kappa shape index (κ1) is 22.3. The summed E-state index contributed by atoms with van der Waals surface area (Å²) in [7, 11) is 0. The van der Waals surface area contributed by atoms with Crippen LogP contribution in [0.2, 0.25) is 0 Å². The quantitative estimate of drug-likeness (QED) is 0.315. The highest BCUT2D eigenvalue weighted by Gasteiger charge is 2.13. The van der Waals surface area contributed by atoms with Crippen LogP contribution >= 0.6 is 0 Å². The van der Waals surface area contributed by atoms with Gasteiger partial charge in [0.25, 0.3) is 0 Å². The number of rotatable bonds is 13. The average molecular weight is 340 g/mol. The summed E-state index contributed by atoms with van der Waals surface area (Å²) in [4.78, 5) is 27.5. The molecule has 138 valence electrons. The lowest BCUT2D eigenvalue weighted by molar-refractivity contribution is -0.139. The minimum absolute atomic E-state index is 0.0755. The van der Waals surface area contributed by atoms with Crippen LogP contribution in [0.5, 0.6) is 0 Å². The molecule has 0 spiro atoms. The maximum Gasteiger partial charge on any atom is 0.337 e. The van der Waals surface area contributed by atoms with Crippen LogP contribution in [0, 0.1) is 0 Å². The van der Waals surface area contributed by atoms with Crippen LogP contribution < -0.4 is 0 Å². The van der Waals surface area contributed by atoms with Crippen LogP contribution in [-0.4, -0.2) is 72.7 Å². The molecule has 0 aromatic carbocycles. The van der Waals surface area contributed by atoms with E-state index in [2.05, 4.69) is 16.4 Å². The number of carboxylic acids is 1. The predicted molar refractivity (Wildman–Crippen MR) is 96.0 cm³/mol. The lowest BCUT2D eigenvalue weighted by atomic mass is 10.1. The SMILES string of the molecule is C=C(C=C(CCN(CC)CC)C(=O)O)C(=O)OCCN(CC)CC. The predicted octanol–water partition coefficient (Wildman–Crippen LogP) is 2.17. The van der Waals surface area contributed by atoms with E-state index in [9.17, 15) is 14.7 Å². The van der Waals surface area contributed by atoms with Gasteiger partial charge >= 0.3 is 11.9 Å². The van der Waals surface area contributed by atoms with Crippen molar-refractivity contribution in [1.29, 1.82) is 0 Å². The molecule has 24 heavy (non-hydrogen) atoms. The third kappa shape index (κ3) is 8.84. The van der Waals surface area contributed by atoms with E-state index >= 15 is 0 Å². The molecule has 0 fully saturated rings. The van der Waals surface area contributed by atoms with Crippen molar-refractivity contribution in [2.45, 2.75) is 34.1 Å². The van der Waals surface area contributed by atoms with Gasteiger partial charge in [-0.05, 0) is 38.7 Å². The second-order valence-electron chi connectivity index (χ2n) is 5.44. The van der Waals surface area contributed by atoms with Gasteiger partial charge in [0.05, 0.1) is 5.57 Å². The Morgan fingerprint density at radius 3 is 1.96 bits per heavy atom. The Labute approximate surface area is 145 Å². The van der Waals surface area contributed by atoms with Crippen LogP contribution in [0.1, 0.15) is 34.1 Å². The first-order valence-corrected chi connectivity index (χ1v) is 8.63. The first-order chi connectivity index (χ1) is 11.4. The maximum atomic E-state index is 11.9. The maximum absolute atomic E-state index is 11.9. The number of carboxylic acid groups (broad SMARTS) is 1. The van der Waals surface area contributed by atoms with E-state index in [1.165, 1.54) is 6.08 Å². The molecule has 0 radical (unpaired) electrons. The number of ether oxygens (including phenoxy) is 1. The van der Waals surface area contributed by atoms with Crippen LogP contribution in [0.3, 0.4) is 0 Å². The summed E-state index contributed by atoms with van der Waals surface area (Å²) in [6.07, 6.45) is 1.69. The molecule has 0 heterocycles. The monoisotopic (exact) mass is 340 g/mol. The lowest BCUT2D eigenvalue weighted by Crippen LogP contribution is -2.28. The normalized spacial score (nSPS) is 11.8. The zero-order chi connectivity index (χ0) is 18.5. The van der Waals surface area contributed by atoms with E-state index in [-0.39, 0.29) is 17.8 Å². The molecule has 1 N–H and O–H groups in total. The number of carbonyl (C=O) groups excluding carboxylic acids is 1. The third-order valence-corrected chi connectivity index (χ3v) is 4.01. The zero-order valence-corrected chi connectivity index (χ0v) is 15.5. The molecule has 0 saturated heterocycles. The molecular weight excluding hydrogens is 308 g/mol. The van der Waals surface area contributed by atoms with E-state index in [1.54, 1.807) is 0 Å². The molecule has 0 saturated carbocycles. The molecule has 0 aromatic heterocycles. The number of carbonyl (C=O) groups is 2. The molecule has 0 amide bonds. The molecule has 0 rings (SSSR count). The number of hydrogen-bond acceptors (Lipinski definition) is 5. The number of aliphatic carboxylic acids is 1. The van der Waals surface area contributed by atoms with Gasteiger partial charge in [-0.15, -0.1) is 0 Å². The summed E-state index contributed by atoms with van der Waals surface area (Å²) in [5.74, 6) is -1.59. The zero-order valence-electron chi connectivity index (χ0n) is 15.5. The first-order valence-electron chi connectivity index (χ1n) is 8.63. The summed E-state index contributed by atoms with van der Waals surface area (Å²) in [6, 6.07) is 0. The third-order valence-electron chi connectivity index (χ3n) is 4.01. The van der Waals surface area contributed by atoms with Gasteiger partial charge < -0.3 is 19.6 Å². The van der Waals surface area contributed by atoms with E-state index in [0.29, 0.717) is 19.5 Å². The van der Waals surface area contributed by atoms with Crippen molar-refractivity contribution >= 4 is 11.9 Å². The van der Waals surface area contributed by atoms with Crippen LogP contribution in [0.15, 0.2) is 23.8 Å². The fourth-order valence-corrected chi connectivity index (χ4v) is 2.23.